The number of aryl methyl sites for hydroxylation is 1. The van der Waals surface area contributed by atoms with Crippen molar-refractivity contribution < 1.29 is 13.2 Å². The van der Waals surface area contributed by atoms with E-state index < -0.39 is 20.3 Å². The number of morpholine rings is 1. The minimum atomic E-state index is -4.12. The molecule has 0 aliphatic carbocycles. The molecule has 0 radical (unpaired) electrons. The quantitative estimate of drug-likeness (QED) is 0.547. The van der Waals surface area contributed by atoms with E-state index in [2.05, 4.69) is 4.98 Å². The summed E-state index contributed by atoms with van der Waals surface area (Å²) in [5.41, 5.74) is 0.925. The van der Waals surface area contributed by atoms with Crippen LogP contribution in [-0.2, 0) is 14.6 Å². The lowest BCUT2D eigenvalue weighted by Gasteiger charge is -2.36. The Morgan fingerprint density at radius 2 is 1.82 bits per heavy atom. The van der Waals surface area contributed by atoms with E-state index >= 15 is 0 Å². The molecule has 0 amide bonds. The van der Waals surface area contributed by atoms with Crippen molar-refractivity contribution in [3.63, 3.8) is 0 Å². The highest BCUT2D eigenvalue weighted by atomic mass is 32.2. The number of ether oxygens (including phenoxy) is 1. The molecular weight excluding hydrogens is 440 g/mol. The highest BCUT2D eigenvalue weighted by Gasteiger charge is 2.28. The molecule has 1 aliphatic heterocycles. The van der Waals surface area contributed by atoms with Crippen molar-refractivity contribution in [1.82, 2.24) is 9.38 Å². The number of hydrogen-bond donors (Lipinski definition) is 0. The number of anilines is 1. The lowest BCUT2D eigenvalue weighted by atomic mass is 10.2. The van der Waals surface area contributed by atoms with E-state index in [4.69, 9.17) is 4.74 Å². The van der Waals surface area contributed by atoms with E-state index in [0.717, 1.165) is 11.6 Å². The smallest absolute Gasteiger partial charge is 0.267 e. The zero-order valence-corrected chi connectivity index (χ0v) is 19.4. The first-order chi connectivity index (χ1) is 15.7. The summed E-state index contributed by atoms with van der Waals surface area (Å²) >= 11 is 0. The summed E-state index contributed by atoms with van der Waals surface area (Å²) in [6.07, 6.45) is 2.50. The van der Waals surface area contributed by atoms with Crippen LogP contribution in [0, 0.1) is 18.3 Å². The summed E-state index contributed by atoms with van der Waals surface area (Å²) in [6.45, 7) is 6.65. The van der Waals surface area contributed by atoms with Crippen molar-refractivity contribution in [3.8, 4) is 6.07 Å². The van der Waals surface area contributed by atoms with Crippen LogP contribution in [0.5, 0.6) is 0 Å². The molecule has 1 saturated heterocycles. The molecule has 8 nitrogen and oxygen atoms in total. The monoisotopic (exact) mass is 464 g/mol. The molecule has 0 unspecified atom stereocenters. The number of pyridine rings is 1. The lowest BCUT2D eigenvalue weighted by Crippen LogP contribution is -2.46. The van der Waals surface area contributed by atoms with Gasteiger partial charge in [0.1, 0.15) is 22.4 Å². The van der Waals surface area contributed by atoms with Gasteiger partial charge in [-0.2, -0.15) is 5.26 Å². The van der Waals surface area contributed by atoms with Gasteiger partial charge in [0.05, 0.1) is 22.7 Å². The standard InChI is InChI=1S/C24H24N4O4S/c1-16-7-9-19(10-8-16)33(30,31)20(13-25)12-21-23(27-14-17(2)32-18(3)15-27)26-22-6-4-5-11-28(22)24(21)29/h4-12,17-18H,14-15H2,1-3H3/b20-12+/t17-,18+. The van der Waals surface area contributed by atoms with Gasteiger partial charge in [0.2, 0.25) is 9.84 Å². The van der Waals surface area contributed by atoms with Crippen LogP contribution in [0.15, 0.2) is 63.3 Å². The fourth-order valence-electron chi connectivity index (χ4n) is 3.95. The third-order valence-corrected chi connectivity index (χ3v) is 7.16. The van der Waals surface area contributed by atoms with Crippen LogP contribution in [0.4, 0.5) is 5.82 Å². The van der Waals surface area contributed by atoms with Gasteiger partial charge in [0.15, 0.2) is 0 Å². The highest BCUT2D eigenvalue weighted by molar-refractivity contribution is 7.95. The van der Waals surface area contributed by atoms with Gasteiger partial charge in [0, 0.05) is 19.3 Å². The zero-order chi connectivity index (χ0) is 23.8. The Morgan fingerprint density at radius 1 is 1.15 bits per heavy atom. The van der Waals surface area contributed by atoms with E-state index in [1.807, 2.05) is 25.7 Å². The van der Waals surface area contributed by atoms with E-state index in [1.165, 1.54) is 16.5 Å². The second-order valence-electron chi connectivity index (χ2n) is 8.18. The summed E-state index contributed by atoms with van der Waals surface area (Å²) < 4.78 is 33.5. The Morgan fingerprint density at radius 3 is 2.45 bits per heavy atom. The largest absolute Gasteiger partial charge is 0.372 e. The number of allylic oxidation sites excluding steroid dienone is 1. The molecule has 0 saturated carbocycles. The van der Waals surface area contributed by atoms with Crippen molar-refractivity contribution in [1.29, 1.82) is 5.26 Å². The van der Waals surface area contributed by atoms with Crippen LogP contribution in [0.1, 0.15) is 25.0 Å². The van der Waals surface area contributed by atoms with Crippen LogP contribution in [0.25, 0.3) is 11.7 Å². The molecule has 1 fully saturated rings. The van der Waals surface area contributed by atoms with Crippen LogP contribution < -0.4 is 10.5 Å². The maximum atomic E-state index is 13.4. The molecule has 33 heavy (non-hydrogen) atoms. The zero-order valence-electron chi connectivity index (χ0n) is 18.6. The van der Waals surface area contributed by atoms with Crippen molar-refractivity contribution in [2.75, 3.05) is 18.0 Å². The molecule has 2 aromatic heterocycles. The van der Waals surface area contributed by atoms with E-state index in [-0.39, 0.29) is 22.7 Å². The van der Waals surface area contributed by atoms with Crippen LogP contribution >= 0.6 is 0 Å². The first kappa shape index (κ1) is 22.7. The maximum absolute atomic E-state index is 13.4. The fraction of sp³-hybridized carbons (Fsp3) is 0.292. The summed E-state index contributed by atoms with van der Waals surface area (Å²) in [6, 6.07) is 13.2. The number of sulfone groups is 1. The summed E-state index contributed by atoms with van der Waals surface area (Å²) in [5, 5.41) is 9.77. The van der Waals surface area contributed by atoms with Crippen LogP contribution in [0.2, 0.25) is 0 Å². The van der Waals surface area contributed by atoms with Gasteiger partial charge in [-0.25, -0.2) is 13.4 Å². The average Bonchev–Trinajstić information content (AvgIpc) is 2.78. The topological polar surface area (TPSA) is 105 Å². The maximum Gasteiger partial charge on any atom is 0.267 e. The number of hydrogen-bond acceptors (Lipinski definition) is 7. The SMILES string of the molecule is Cc1ccc(S(=O)(=O)/C(C#N)=C/c2c(N3C[C@@H](C)O[C@@H](C)C3)nc3ccccn3c2=O)cc1. The Kier molecular flexibility index (Phi) is 6.06. The predicted molar refractivity (Wildman–Crippen MR) is 126 cm³/mol. The van der Waals surface area contributed by atoms with Gasteiger partial charge in [-0.15, -0.1) is 0 Å². The van der Waals surface area contributed by atoms with E-state index in [0.29, 0.717) is 24.6 Å². The first-order valence-corrected chi connectivity index (χ1v) is 12.0. The van der Waals surface area contributed by atoms with E-state index in [1.54, 1.807) is 42.6 Å². The molecule has 0 spiro atoms. The van der Waals surface area contributed by atoms with E-state index in [9.17, 15) is 18.5 Å². The van der Waals surface area contributed by atoms with Gasteiger partial charge in [0.25, 0.3) is 5.56 Å². The van der Waals surface area contributed by atoms with Crippen molar-refractivity contribution >= 4 is 27.4 Å². The Bertz CT molecular complexity index is 1430. The van der Waals surface area contributed by atoms with Crippen molar-refractivity contribution in [2.45, 2.75) is 37.9 Å². The molecule has 170 valence electrons. The average molecular weight is 465 g/mol. The van der Waals surface area contributed by atoms with Gasteiger partial charge in [-0.3, -0.25) is 9.20 Å². The third-order valence-electron chi connectivity index (χ3n) is 5.47. The van der Waals surface area contributed by atoms with Gasteiger partial charge < -0.3 is 9.64 Å². The summed E-state index contributed by atoms with van der Waals surface area (Å²) in [7, 11) is -4.12. The van der Waals surface area contributed by atoms with Crippen LogP contribution in [-0.4, -0.2) is 43.1 Å². The van der Waals surface area contributed by atoms with Crippen molar-refractivity contribution in [3.05, 3.63) is 75.0 Å². The predicted octanol–water partition coefficient (Wildman–Crippen LogP) is 2.95. The van der Waals surface area contributed by atoms with Gasteiger partial charge in [-0.1, -0.05) is 23.8 Å². The summed E-state index contributed by atoms with van der Waals surface area (Å²) in [5.74, 6) is 0.333. The molecule has 4 rings (SSSR count). The number of benzene rings is 1. The molecule has 0 bridgehead atoms. The third kappa shape index (κ3) is 4.40. The molecule has 2 atom stereocenters. The number of aromatic nitrogens is 2. The first-order valence-electron chi connectivity index (χ1n) is 10.6. The molecular formula is C24H24N4O4S. The summed E-state index contributed by atoms with van der Waals surface area (Å²) in [4.78, 5) is 19.5. The van der Waals surface area contributed by atoms with Gasteiger partial charge in [-0.05, 0) is 51.1 Å². The van der Waals surface area contributed by atoms with Gasteiger partial charge >= 0.3 is 0 Å². The molecule has 9 heteroatoms. The molecule has 3 aromatic rings. The fourth-order valence-corrected chi connectivity index (χ4v) is 5.10. The highest BCUT2D eigenvalue weighted by Crippen LogP contribution is 2.26. The Labute approximate surface area is 192 Å². The molecule has 3 heterocycles. The Hall–Kier alpha value is -3.48. The Balaban J connectivity index is 1.94. The number of fused-ring (bicyclic) bond motifs is 1. The number of nitriles is 1. The van der Waals surface area contributed by atoms with Crippen molar-refractivity contribution in [2.24, 2.45) is 0 Å². The second kappa shape index (κ2) is 8.81. The lowest BCUT2D eigenvalue weighted by molar-refractivity contribution is -0.00546. The molecule has 1 aromatic carbocycles. The van der Waals surface area contributed by atoms with Crippen LogP contribution in [0.3, 0.4) is 0 Å². The normalized spacial score (nSPS) is 19.5. The molecule has 0 N–H and O–H groups in total. The number of rotatable bonds is 4. The minimum absolute atomic E-state index is 0.00934. The number of nitrogens with zero attached hydrogens (tertiary/aromatic N) is 4. The molecule has 1 aliphatic rings. The second-order valence-corrected chi connectivity index (χ2v) is 10.1. The minimum Gasteiger partial charge on any atom is -0.372 e.